The molecule has 0 radical (unpaired) electrons. The fourth-order valence-corrected chi connectivity index (χ4v) is 3.69. The lowest BCUT2D eigenvalue weighted by molar-refractivity contribution is -0.120. The average molecular weight is 381 g/mol. The highest BCUT2D eigenvalue weighted by Crippen LogP contribution is 2.33. The predicted octanol–water partition coefficient (Wildman–Crippen LogP) is 3.92. The number of nitriles is 1. The highest BCUT2D eigenvalue weighted by molar-refractivity contribution is 5.95. The van der Waals surface area contributed by atoms with E-state index < -0.39 is 5.82 Å². The minimum Gasteiger partial charge on any atom is -0.497 e. The van der Waals surface area contributed by atoms with Crippen LogP contribution in [0.2, 0.25) is 0 Å². The molecule has 3 rings (SSSR count). The first-order valence-corrected chi connectivity index (χ1v) is 9.44. The van der Waals surface area contributed by atoms with Gasteiger partial charge in [-0.1, -0.05) is 24.3 Å². The summed E-state index contributed by atoms with van der Waals surface area (Å²) in [5.74, 6) is 0.147. The number of rotatable bonds is 7. The van der Waals surface area contributed by atoms with Crippen molar-refractivity contribution in [3.05, 3.63) is 59.9 Å². The Morgan fingerprint density at radius 2 is 2.04 bits per heavy atom. The Balaban J connectivity index is 1.76. The van der Waals surface area contributed by atoms with Gasteiger partial charge in [-0.05, 0) is 49.2 Å². The van der Waals surface area contributed by atoms with Crippen molar-refractivity contribution < 1.29 is 13.9 Å². The van der Waals surface area contributed by atoms with Gasteiger partial charge in [0.15, 0.2) is 0 Å². The quantitative estimate of drug-likeness (QED) is 0.729. The predicted molar refractivity (Wildman–Crippen MR) is 106 cm³/mol. The molecule has 2 aromatic rings. The standard InChI is InChI=1S/C22H24FN3O2/c1-28-18-11-9-17(10-12-18)20-8-4-14-25(20)16-22(27)26(15-5-13-24)21-7-3-2-6-19(21)23/h2-3,6-7,9-12,20H,4-5,8,14-16H2,1H3/t20-/m1/s1. The Kier molecular flexibility index (Phi) is 6.62. The van der Waals surface area contributed by atoms with Gasteiger partial charge in [-0.3, -0.25) is 9.69 Å². The van der Waals surface area contributed by atoms with Crippen molar-refractivity contribution in [2.45, 2.75) is 25.3 Å². The van der Waals surface area contributed by atoms with Crippen molar-refractivity contribution in [1.82, 2.24) is 4.90 Å². The number of likely N-dealkylation sites (tertiary alicyclic amines) is 1. The van der Waals surface area contributed by atoms with E-state index in [-0.39, 0.29) is 37.1 Å². The van der Waals surface area contributed by atoms with Crippen LogP contribution in [0.1, 0.15) is 30.9 Å². The molecule has 6 heteroatoms. The Morgan fingerprint density at radius 3 is 2.71 bits per heavy atom. The lowest BCUT2D eigenvalue weighted by atomic mass is 10.0. The number of benzene rings is 2. The van der Waals surface area contributed by atoms with E-state index in [9.17, 15) is 9.18 Å². The third-order valence-electron chi connectivity index (χ3n) is 5.09. The van der Waals surface area contributed by atoms with Gasteiger partial charge in [-0.15, -0.1) is 0 Å². The summed E-state index contributed by atoms with van der Waals surface area (Å²) in [4.78, 5) is 16.5. The summed E-state index contributed by atoms with van der Waals surface area (Å²) in [5, 5.41) is 8.93. The molecule has 0 bridgehead atoms. The Morgan fingerprint density at radius 1 is 1.29 bits per heavy atom. The fraction of sp³-hybridized carbons (Fsp3) is 0.364. The van der Waals surface area contributed by atoms with Gasteiger partial charge in [0.2, 0.25) is 5.91 Å². The van der Waals surface area contributed by atoms with Crippen molar-refractivity contribution >= 4 is 11.6 Å². The van der Waals surface area contributed by atoms with Crippen LogP contribution in [0.4, 0.5) is 10.1 Å². The Bertz CT molecular complexity index is 848. The number of ether oxygens (including phenoxy) is 1. The molecule has 0 unspecified atom stereocenters. The van der Waals surface area contributed by atoms with Crippen molar-refractivity contribution in [1.29, 1.82) is 5.26 Å². The molecule has 1 fully saturated rings. The Labute approximate surface area is 164 Å². The number of nitrogens with zero attached hydrogens (tertiary/aromatic N) is 3. The first-order chi connectivity index (χ1) is 13.6. The molecule has 1 atom stereocenters. The molecule has 28 heavy (non-hydrogen) atoms. The maximum absolute atomic E-state index is 14.3. The van der Waals surface area contributed by atoms with Crippen molar-refractivity contribution in [3.63, 3.8) is 0 Å². The number of hydrogen-bond donors (Lipinski definition) is 0. The number of methoxy groups -OCH3 is 1. The minimum atomic E-state index is -0.457. The van der Waals surface area contributed by atoms with E-state index in [1.54, 1.807) is 25.3 Å². The summed E-state index contributed by atoms with van der Waals surface area (Å²) in [6.45, 7) is 1.18. The summed E-state index contributed by atoms with van der Waals surface area (Å²) in [7, 11) is 1.63. The van der Waals surface area contributed by atoms with Crippen molar-refractivity contribution in [2.75, 3.05) is 31.6 Å². The molecule has 0 aromatic heterocycles. The topological polar surface area (TPSA) is 56.6 Å². The number of para-hydroxylation sites is 1. The monoisotopic (exact) mass is 381 g/mol. The smallest absolute Gasteiger partial charge is 0.241 e. The zero-order chi connectivity index (χ0) is 19.9. The number of hydrogen-bond acceptors (Lipinski definition) is 4. The van der Waals surface area contributed by atoms with E-state index in [0.29, 0.717) is 0 Å². The van der Waals surface area contributed by atoms with E-state index in [1.807, 2.05) is 30.3 Å². The third-order valence-corrected chi connectivity index (χ3v) is 5.09. The molecule has 146 valence electrons. The molecule has 1 amide bonds. The maximum Gasteiger partial charge on any atom is 0.241 e. The molecule has 0 spiro atoms. The zero-order valence-electron chi connectivity index (χ0n) is 16.0. The van der Waals surface area contributed by atoms with Crippen LogP contribution >= 0.6 is 0 Å². The van der Waals surface area contributed by atoms with Crippen LogP contribution in [0.15, 0.2) is 48.5 Å². The molecule has 1 heterocycles. The van der Waals surface area contributed by atoms with E-state index >= 15 is 0 Å². The molecule has 1 saturated heterocycles. The van der Waals surface area contributed by atoms with Crippen molar-refractivity contribution in [2.24, 2.45) is 0 Å². The zero-order valence-corrected chi connectivity index (χ0v) is 16.0. The number of halogens is 1. The maximum atomic E-state index is 14.3. The lowest BCUT2D eigenvalue weighted by Crippen LogP contribution is -2.41. The molecular weight excluding hydrogens is 357 g/mol. The van der Waals surface area contributed by atoms with Crippen LogP contribution in [0.3, 0.4) is 0 Å². The van der Waals surface area contributed by atoms with Crippen LogP contribution in [0, 0.1) is 17.1 Å². The van der Waals surface area contributed by atoms with E-state index in [0.717, 1.165) is 30.7 Å². The first-order valence-electron chi connectivity index (χ1n) is 9.44. The number of carbonyl (C=O) groups is 1. The molecular formula is C22H24FN3O2. The van der Waals surface area contributed by atoms with E-state index in [4.69, 9.17) is 10.00 Å². The normalized spacial score (nSPS) is 16.5. The van der Waals surface area contributed by atoms with Gasteiger partial charge in [-0.25, -0.2) is 4.39 Å². The summed E-state index contributed by atoms with van der Waals surface area (Å²) in [6, 6.07) is 16.3. The molecule has 0 saturated carbocycles. The third kappa shape index (κ3) is 4.49. The van der Waals surface area contributed by atoms with Gasteiger partial charge in [0, 0.05) is 12.6 Å². The molecule has 1 aliphatic rings. The molecule has 0 N–H and O–H groups in total. The lowest BCUT2D eigenvalue weighted by Gasteiger charge is -2.28. The van der Waals surface area contributed by atoms with Crippen molar-refractivity contribution in [3.8, 4) is 11.8 Å². The summed E-state index contributed by atoms with van der Waals surface area (Å²) >= 11 is 0. The van der Waals surface area contributed by atoms with Crippen LogP contribution < -0.4 is 9.64 Å². The summed E-state index contributed by atoms with van der Waals surface area (Å²) < 4.78 is 19.5. The Hall–Kier alpha value is -2.91. The highest BCUT2D eigenvalue weighted by atomic mass is 19.1. The number of carbonyl (C=O) groups excluding carboxylic acids is 1. The second kappa shape index (κ2) is 9.34. The van der Waals surface area contributed by atoms with E-state index in [1.165, 1.54) is 11.0 Å². The second-order valence-corrected chi connectivity index (χ2v) is 6.81. The van der Waals surface area contributed by atoms with Crippen LogP contribution in [-0.2, 0) is 4.79 Å². The number of amides is 1. The molecule has 5 nitrogen and oxygen atoms in total. The van der Waals surface area contributed by atoms with Gasteiger partial charge in [0.25, 0.3) is 0 Å². The van der Waals surface area contributed by atoms with E-state index in [2.05, 4.69) is 4.90 Å². The summed E-state index contributed by atoms with van der Waals surface area (Å²) in [6.07, 6.45) is 2.13. The van der Waals surface area contributed by atoms with Crippen LogP contribution in [0.25, 0.3) is 0 Å². The minimum absolute atomic E-state index is 0.147. The first kappa shape index (κ1) is 19.8. The van der Waals surface area contributed by atoms with Gasteiger partial charge >= 0.3 is 0 Å². The summed E-state index contributed by atoms with van der Waals surface area (Å²) in [5.41, 5.74) is 1.36. The largest absolute Gasteiger partial charge is 0.497 e. The average Bonchev–Trinajstić information content (AvgIpc) is 3.17. The second-order valence-electron chi connectivity index (χ2n) is 6.81. The molecule has 0 aliphatic carbocycles. The fourth-order valence-electron chi connectivity index (χ4n) is 3.69. The van der Waals surface area contributed by atoms with Crippen LogP contribution in [-0.4, -0.2) is 37.6 Å². The van der Waals surface area contributed by atoms with Gasteiger partial charge in [0.05, 0.1) is 31.8 Å². The van der Waals surface area contributed by atoms with Crippen LogP contribution in [0.5, 0.6) is 5.75 Å². The highest BCUT2D eigenvalue weighted by Gasteiger charge is 2.30. The van der Waals surface area contributed by atoms with Gasteiger partial charge in [-0.2, -0.15) is 5.26 Å². The molecule has 2 aromatic carbocycles. The number of anilines is 1. The SMILES string of the molecule is COc1ccc([C@H]2CCCN2CC(=O)N(CCC#N)c2ccccc2F)cc1. The van der Waals surface area contributed by atoms with Gasteiger partial charge < -0.3 is 9.64 Å². The van der Waals surface area contributed by atoms with Gasteiger partial charge in [0.1, 0.15) is 11.6 Å². The molecule has 1 aliphatic heterocycles.